The van der Waals surface area contributed by atoms with E-state index in [0.29, 0.717) is 69.0 Å². The summed E-state index contributed by atoms with van der Waals surface area (Å²) >= 11 is 0.641. The summed E-state index contributed by atoms with van der Waals surface area (Å²) in [5.41, 5.74) is 13.6. The van der Waals surface area contributed by atoms with Crippen LogP contribution in [0.4, 0.5) is 13.2 Å². The molecule has 3 saturated heterocycles. The third-order valence-corrected chi connectivity index (χ3v) is 25.7. The van der Waals surface area contributed by atoms with Gasteiger partial charge < -0.3 is 114 Å². The number of aromatic nitrogens is 1. The van der Waals surface area contributed by atoms with E-state index < -0.39 is 278 Å². The Morgan fingerprint density at radius 2 is 0.964 bits per heavy atom. The minimum atomic E-state index is -2.06. The van der Waals surface area contributed by atoms with Crippen LogP contribution >= 0.6 is 11.8 Å². The molecule has 0 spiro atoms. The first kappa shape index (κ1) is 107. The second kappa shape index (κ2) is 50.4. The van der Waals surface area contributed by atoms with Crippen LogP contribution in [0.2, 0.25) is 0 Å². The summed E-state index contributed by atoms with van der Waals surface area (Å²) in [6.45, 7) is 2.94. The zero-order valence-corrected chi connectivity index (χ0v) is 78.5. The number of rotatable bonds is 25. The number of aliphatic hydroxyl groups is 2. The molecule has 15 atom stereocenters. The molecule has 0 bridgehead atoms. The van der Waals surface area contributed by atoms with Crippen LogP contribution in [0.5, 0.6) is 11.5 Å². The minimum absolute atomic E-state index is 0.0771. The average molecular weight is 1950 g/mol. The molecule has 3 aliphatic rings. The fourth-order valence-corrected chi connectivity index (χ4v) is 17.9. The number of nitrogens with zero attached hydrogens (tertiary/aromatic N) is 5. The number of amides is 15. The molecule has 3 aliphatic heterocycles. The molecule has 7 aromatic rings. The van der Waals surface area contributed by atoms with Gasteiger partial charge in [-0.2, -0.15) is 0 Å². The summed E-state index contributed by atoms with van der Waals surface area (Å²) in [6.07, 6.45) is -5.44. The Morgan fingerprint density at radius 3 is 1.53 bits per heavy atom. The maximum atomic E-state index is 15.8. The van der Waals surface area contributed by atoms with E-state index in [4.69, 9.17) is 11.5 Å². The molecule has 0 aliphatic carbocycles. The monoisotopic (exact) mass is 1950 g/mol. The molecule has 0 radical (unpaired) electrons. The number of para-hydroxylation sites is 1. The average Bonchev–Trinajstić information content (AvgIpc) is 1.71. The smallest absolute Gasteiger partial charge is 0.305 e. The second-order valence-electron chi connectivity index (χ2n) is 35.4. The number of carbonyl (C=O) groups excluding carboxylic acids is 15. The number of likely N-dealkylation sites (N-methyl/N-ethyl adjacent to an activating group) is 3. The number of benzene rings is 6. The van der Waals surface area contributed by atoms with E-state index in [9.17, 15) is 58.7 Å². The van der Waals surface area contributed by atoms with Crippen LogP contribution in [0.25, 0.3) is 10.9 Å². The summed E-state index contributed by atoms with van der Waals surface area (Å²) in [7, 11) is 3.61. The maximum absolute atomic E-state index is 15.8. The summed E-state index contributed by atoms with van der Waals surface area (Å²) in [6, 6.07) is 13.0. The van der Waals surface area contributed by atoms with E-state index >= 15 is 56.7 Å². The van der Waals surface area contributed by atoms with E-state index in [0.717, 1.165) is 31.5 Å². The Bertz CT molecular complexity index is 5530. The fraction of sp³-hybridized carbons (Fsp3) is 0.443. The van der Waals surface area contributed by atoms with Crippen LogP contribution in [0.3, 0.4) is 0 Å². The number of halogens is 3. The molecular formula is C97H120F3N17O21S. The maximum Gasteiger partial charge on any atom is 0.305 e. The lowest BCUT2D eigenvalue weighted by molar-refractivity contribution is -0.152. The number of H-pyrrole nitrogens is 1. The number of carboxylic acids is 1. The standard InChI is InChI=1S/C97H120F3N17O21S/c1-7-8-26-75-96(137)117-50-63(121)45-78(117)92(133)109-71(46-82(124)125)89(130)112-84(53(2)3)97(138)114(5)76(41-54-19-11-9-12-20-54)90(131)110-73(39-57-29-33-61(119)34-30-57)94(135)116-49-62(120)44-77(116)91(132)108-70(43-59-47-103-67-24-16-15-23-64(59)67)88(129)107-69(38-56-27-31-60(118)32-28-56)87(128)106-68(25-17-18-35-101)86(127)111-74(85(126)104-48-80(102)122)51-139-52-81(123)105-72(40-58-36-65(98)83(100)66(99)37-58)93(134)115(6)79(95(136)113(75)4)42-55-21-13-10-14-22-55/h9-16,19-24,27-34,36-37,47,53,62-63,68-79,84,103,118-121H,7-8,17-18,25-26,35,38-46,48-52,101H2,1-6H3,(H2,102,122)(H,104,126)(H,105,123)(H,106,128)(H,107,129)(H,108,132)(H,109,133)(H,110,131)(H,111,127)(H,112,130)(H,124,125)/t62-,63-,68+,69+,70+,71+,72+,73+,74+,75+,76+,77+,78-,79+,84+/m1/s1. The Balaban J connectivity index is 1.07. The fourth-order valence-electron chi connectivity index (χ4n) is 17.1. The number of nitrogens with two attached hydrogens (primary N) is 2. The first-order valence-corrected chi connectivity index (χ1v) is 46.9. The molecule has 15 amide bonds. The Hall–Kier alpha value is -14.0. The van der Waals surface area contributed by atoms with Crippen molar-refractivity contribution in [1.82, 2.24) is 77.3 Å². The molecule has 0 unspecified atom stereocenters. The molecule has 6 aromatic carbocycles. The van der Waals surface area contributed by atoms with Crippen molar-refractivity contribution in [2.75, 3.05) is 58.8 Å². The number of carboxylic acid groups (broad SMARTS) is 1. The highest BCUT2D eigenvalue weighted by molar-refractivity contribution is 8.00. The number of phenols is 2. The van der Waals surface area contributed by atoms with Crippen LogP contribution in [0.1, 0.15) is 112 Å². The van der Waals surface area contributed by atoms with Gasteiger partial charge in [0.15, 0.2) is 17.5 Å². The number of aromatic hydroxyl groups is 2. The molecule has 38 nitrogen and oxygen atoms in total. The first-order chi connectivity index (χ1) is 66.2. The Morgan fingerprint density at radius 1 is 0.489 bits per heavy atom. The molecule has 42 heteroatoms. The number of unbranched alkanes of at least 4 members (excludes halogenated alkanes) is 2. The number of hydrogen-bond acceptors (Lipinski definition) is 22. The van der Waals surface area contributed by atoms with Crippen LogP contribution in [-0.2, 0) is 115 Å². The zero-order chi connectivity index (χ0) is 101. The SMILES string of the molecule is CCCC[C@H]1C(=O)N2C[C@H](O)C[C@@H]2C(=O)N[C@@H](CC(=O)O)C(=O)N[C@@H](C(C)C)C(=O)N(C)[C@@H](Cc2ccccc2)C(=O)N[C@@H](Cc2ccc(O)cc2)C(=O)N2C[C@H](O)C[C@H]2C(=O)N[C@@H](Cc2c[nH]c3ccccc23)C(=O)N[C@@H](Cc2ccc(O)cc2)C(=O)N[C@@H](CCCCN)C(=O)N[C@H](C(=O)NCC(N)=O)CSCC(=O)N[C@@H](Cc2cc(F)c(F)c(F)c2)C(=O)N(C)[C@@H](Cc2ccccc2)C(=O)N1C. The first-order valence-electron chi connectivity index (χ1n) is 45.8. The van der Waals surface area contributed by atoms with Crippen LogP contribution in [-0.4, -0.2) is 299 Å². The van der Waals surface area contributed by atoms with Gasteiger partial charge >= 0.3 is 5.97 Å². The zero-order valence-electron chi connectivity index (χ0n) is 77.7. The van der Waals surface area contributed by atoms with Crippen molar-refractivity contribution in [3.8, 4) is 11.5 Å². The quantitative estimate of drug-likeness (QED) is 0.0278. The van der Waals surface area contributed by atoms with Crippen molar-refractivity contribution in [2.45, 2.75) is 208 Å². The molecule has 746 valence electrons. The number of aliphatic hydroxyl groups excluding tert-OH is 2. The third-order valence-electron chi connectivity index (χ3n) is 24.7. The number of thioether (sulfide) groups is 1. The molecule has 0 saturated carbocycles. The van der Waals surface area contributed by atoms with E-state index in [1.807, 2.05) is 0 Å². The van der Waals surface area contributed by atoms with Gasteiger partial charge in [0.25, 0.3) is 0 Å². The topological polar surface area (TPSA) is 567 Å². The number of carbonyl (C=O) groups is 16. The van der Waals surface area contributed by atoms with Crippen molar-refractivity contribution >= 4 is 117 Å². The highest BCUT2D eigenvalue weighted by Crippen LogP contribution is 2.30. The lowest BCUT2D eigenvalue weighted by Crippen LogP contribution is -2.62. The lowest BCUT2D eigenvalue weighted by Gasteiger charge is -2.38. The van der Waals surface area contributed by atoms with Gasteiger partial charge in [-0.25, -0.2) is 13.2 Å². The Labute approximate surface area is 804 Å². The van der Waals surface area contributed by atoms with Gasteiger partial charge in [0.05, 0.1) is 30.9 Å². The van der Waals surface area contributed by atoms with Gasteiger partial charge in [0.2, 0.25) is 88.6 Å². The van der Waals surface area contributed by atoms with Crippen molar-refractivity contribution in [2.24, 2.45) is 17.4 Å². The van der Waals surface area contributed by atoms with Crippen LogP contribution in [0.15, 0.2) is 152 Å². The van der Waals surface area contributed by atoms with E-state index in [1.54, 1.807) is 98.0 Å². The normalized spacial score (nSPS) is 24.1. The predicted octanol–water partition coefficient (Wildman–Crippen LogP) is 0.834. The van der Waals surface area contributed by atoms with Crippen LogP contribution < -0.4 is 59.3 Å². The van der Waals surface area contributed by atoms with E-state index in [-0.39, 0.29) is 75.8 Å². The van der Waals surface area contributed by atoms with Crippen molar-refractivity contribution in [3.63, 3.8) is 0 Å². The number of hydrogen-bond donors (Lipinski definition) is 17. The van der Waals surface area contributed by atoms with Gasteiger partial charge in [0, 0.05) is 108 Å². The molecule has 10 rings (SSSR count). The van der Waals surface area contributed by atoms with E-state index in [2.05, 4.69) is 52.8 Å². The summed E-state index contributed by atoms with van der Waals surface area (Å²) < 4.78 is 45.2. The summed E-state index contributed by atoms with van der Waals surface area (Å²) in [5.74, 6) is -25.3. The number of aromatic amines is 1. The van der Waals surface area contributed by atoms with Gasteiger partial charge in [-0.3, -0.25) is 76.7 Å². The van der Waals surface area contributed by atoms with Gasteiger partial charge in [-0.1, -0.05) is 137 Å². The number of primary amides is 1. The number of phenolic OH excluding ortho intramolecular Hbond substituents is 2. The van der Waals surface area contributed by atoms with Gasteiger partial charge in [-0.15, -0.1) is 11.8 Å². The van der Waals surface area contributed by atoms with Gasteiger partial charge in [0.1, 0.15) is 90.0 Å². The molecular weight excluding hydrogens is 1830 g/mol. The molecule has 3 fully saturated rings. The largest absolute Gasteiger partial charge is 0.508 e. The molecule has 19 N–H and O–H groups in total. The highest BCUT2D eigenvalue weighted by atomic mass is 32.2. The van der Waals surface area contributed by atoms with Crippen LogP contribution in [0, 0.1) is 23.4 Å². The van der Waals surface area contributed by atoms with Crippen molar-refractivity contribution < 1.29 is 115 Å². The van der Waals surface area contributed by atoms with E-state index in [1.165, 1.54) is 76.5 Å². The summed E-state index contributed by atoms with van der Waals surface area (Å²) in [5, 5.41) is 78.4. The lowest BCUT2D eigenvalue weighted by atomic mass is 9.98. The van der Waals surface area contributed by atoms with Crippen molar-refractivity contribution in [3.05, 3.63) is 203 Å². The minimum Gasteiger partial charge on any atom is -0.508 e. The molecule has 139 heavy (non-hydrogen) atoms. The third kappa shape index (κ3) is 29.5. The summed E-state index contributed by atoms with van der Waals surface area (Å²) in [4.78, 5) is 247. The highest BCUT2D eigenvalue weighted by Gasteiger charge is 2.49. The van der Waals surface area contributed by atoms with Gasteiger partial charge in [-0.05, 0) is 114 Å². The second-order valence-corrected chi connectivity index (χ2v) is 36.4. The molecule has 1 aromatic heterocycles. The van der Waals surface area contributed by atoms with Crippen molar-refractivity contribution in [1.29, 1.82) is 0 Å². The molecule has 4 heterocycles. The predicted molar refractivity (Wildman–Crippen MR) is 502 cm³/mol. The Kier molecular flexibility index (Phi) is 38.8. The number of fused-ring (bicyclic) bond motifs is 3. The number of aliphatic carboxylic acids is 1. The number of nitrogens with one attached hydrogen (secondary N) is 10.